The van der Waals surface area contributed by atoms with Gasteiger partial charge in [-0.15, -0.1) is 0 Å². The Labute approximate surface area is 198 Å². The molecule has 2 atom stereocenters. The minimum absolute atomic E-state index is 0.0965. The molecule has 4 nitrogen and oxygen atoms in total. The van der Waals surface area contributed by atoms with Gasteiger partial charge in [0.2, 0.25) is 0 Å². The zero-order valence-electron chi connectivity index (χ0n) is 18.1. The van der Waals surface area contributed by atoms with Crippen LogP contribution in [0.15, 0.2) is 42.5 Å². The Morgan fingerprint density at radius 3 is 2.55 bits per heavy atom. The monoisotopic (exact) mass is 502 g/mol. The molecule has 0 bridgehead atoms. The molecule has 3 rings (SSSR count). The number of hydrogen-bond acceptors (Lipinski definition) is 5. The number of aryl methyl sites for hydroxylation is 1. The third kappa shape index (κ3) is 5.00. The first-order valence-corrected chi connectivity index (χ1v) is 11.6. The maximum atomic E-state index is 15.3. The minimum atomic E-state index is -5.08. The zero-order chi connectivity index (χ0) is 24.4. The molecule has 1 unspecified atom stereocenters. The molecule has 33 heavy (non-hydrogen) atoms. The molecule has 0 saturated carbocycles. The quantitative estimate of drug-likeness (QED) is 0.342. The summed E-state index contributed by atoms with van der Waals surface area (Å²) < 4.78 is 63.3. The number of fused-ring (bicyclic) bond motifs is 1. The van der Waals surface area contributed by atoms with E-state index in [2.05, 4.69) is 10.3 Å². The van der Waals surface area contributed by atoms with Crippen LogP contribution in [0.4, 0.5) is 23.2 Å². The van der Waals surface area contributed by atoms with Gasteiger partial charge in [0.1, 0.15) is 0 Å². The van der Waals surface area contributed by atoms with Crippen LogP contribution < -0.4 is 10.1 Å². The van der Waals surface area contributed by atoms with Crippen molar-refractivity contribution in [2.24, 2.45) is 0 Å². The van der Waals surface area contributed by atoms with Gasteiger partial charge < -0.3 is 15.2 Å². The smallest absolute Gasteiger partial charge is 0.420 e. The average molecular weight is 503 g/mol. The summed E-state index contributed by atoms with van der Waals surface area (Å²) in [6, 6.07) is 8.79. The van der Waals surface area contributed by atoms with Crippen molar-refractivity contribution in [3.8, 4) is 5.75 Å². The predicted octanol–water partition coefficient (Wildman–Crippen LogP) is 6.54. The molecule has 0 aliphatic rings. The molecule has 0 amide bonds. The molecule has 0 fully saturated rings. The number of alkyl halides is 3. The van der Waals surface area contributed by atoms with Crippen molar-refractivity contribution < 1.29 is 27.4 Å². The van der Waals surface area contributed by atoms with Crippen LogP contribution in [0.3, 0.4) is 0 Å². The van der Waals surface area contributed by atoms with E-state index in [1.165, 1.54) is 6.07 Å². The molecule has 10 heteroatoms. The molecule has 0 saturated heterocycles. The summed E-state index contributed by atoms with van der Waals surface area (Å²) in [5.74, 6) is -1.86. The van der Waals surface area contributed by atoms with Gasteiger partial charge in [-0.2, -0.15) is 24.9 Å². The van der Waals surface area contributed by atoms with Gasteiger partial charge in [0.15, 0.2) is 17.2 Å². The second kappa shape index (κ2) is 9.95. The number of rotatable bonds is 8. The highest BCUT2D eigenvalue weighted by atomic mass is 35.5. The number of aromatic nitrogens is 1. The highest BCUT2D eigenvalue weighted by Crippen LogP contribution is 2.46. The average Bonchev–Trinajstić information content (AvgIpc) is 2.75. The minimum Gasteiger partial charge on any atom is -0.492 e. The van der Waals surface area contributed by atoms with Crippen LogP contribution in [0.2, 0.25) is 5.02 Å². The van der Waals surface area contributed by atoms with Gasteiger partial charge in [0, 0.05) is 28.1 Å². The topological polar surface area (TPSA) is 54.4 Å². The standard InChI is InChI=1S/C23H23ClF4N2O2S/c1-4-33-12-22(31,23(26,27)28)21(15-10-11-16(24)20(32-3)19(15)25)30-18-7-5-6-17-14(18)9-8-13(2)29-17/h5-11,21,30-31H,4,12H2,1-3H3/t21-,22?/m0/s1. The fourth-order valence-corrected chi connectivity index (χ4v) is 4.61. The van der Waals surface area contributed by atoms with E-state index in [0.717, 1.165) is 30.6 Å². The van der Waals surface area contributed by atoms with Gasteiger partial charge in [0.05, 0.1) is 23.7 Å². The van der Waals surface area contributed by atoms with Gasteiger partial charge in [-0.25, -0.2) is 4.39 Å². The summed E-state index contributed by atoms with van der Waals surface area (Å²) in [6.07, 6.45) is -5.08. The number of hydrogen-bond donors (Lipinski definition) is 2. The number of ether oxygens (including phenoxy) is 1. The van der Waals surface area contributed by atoms with Crippen molar-refractivity contribution in [2.45, 2.75) is 31.7 Å². The van der Waals surface area contributed by atoms with E-state index in [1.807, 2.05) is 0 Å². The normalized spacial score (nSPS) is 14.7. The molecule has 2 aromatic carbocycles. The van der Waals surface area contributed by atoms with Gasteiger partial charge in [-0.05, 0) is 43.0 Å². The Morgan fingerprint density at radius 1 is 1.18 bits per heavy atom. The van der Waals surface area contributed by atoms with E-state index in [-0.39, 0.29) is 10.7 Å². The Balaban J connectivity index is 2.25. The van der Waals surface area contributed by atoms with Gasteiger partial charge in [0.25, 0.3) is 0 Å². The lowest BCUT2D eigenvalue weighted by Gasteiger charge is -2.39. The Bertz CT molecular complexity index is 1150. The first kappa shape index (κ1) is 25.4. The van der Waals surface area contributed by atoms with Crippen LogP contribution in [0, 0.1) is 12.7 Å². The van der Waals surface area contributed by atoms with Crippen molar-refractivity contribution in [1.82, 2.24) is 4.98 Å². The molecule has 0 aliphatic carbocycles. The molecule has 2 N–H and O–H groups in total. The first-order chi connectivity index (χ1) is 15.5. The number of anilines is 1. The van der Waals surface area contributed by atoms with E-state index >= 15 is 4.39 Å². The number of nitrogens with one attached hydrogen (secondary N) is 1. The fraction of sp³-hybridized carbons (Fsp3) is 0.348. The second-order valence-electron chi connectivity index (χ2n) is 7.45. The lowest BCUT2D eigenvalue weighted by molar-refractivity contribution is -0.256. The van der Waals surface area contributed by atoms with E-state index in [1.54, 1.807) is 44.2 Å². The molecular weight excluding hydrogens is 480 g/mol. The van der Waals surface area contributed by atoms with Crippen LogP contribution >= 0.6 is 23.4 Å². The van der Waals surface area contributed by atoms with Crippen molar-refractivity contribution in [2.75, 3.05) is 23.9 Å². The largest absolute Gasteiger partial charge is 0.492 e. The van der Waals surface area contributed by atoms with E-state index in [4.69, 9.17) is 16.3 Å². The van der Waals surface area contributed by atoms with Crippen molar-refractivity contribution in [1.29, 1.82) is 0 Å². The van der Waals surface area contributed by atoms with E-state index < -0.39 is 40.7 Å². The maximum Gasteiger partial charge on any atom is 0.420 e. The Morgan fingerprint density at radius 2 is 1.91 bits per heavy atom. The summed E-state index contributed by atoms with van der Waals surface area (Å²) in [4.78, 5) is 4.39. The van der Waals surface area contributed by atoms with Gasteiger partial charge >= 0.3 is 6.18 Å². The summed E-state index contributed by atoms with van der Waals surface area (Å²) in [5.41, 5.74) is -2.19. The summed E-state index contributed by atoms with van der Waals surface area (Å²) in [6.45, 7) is 3.47. The summed E-state index contributed by atoms with van der Waals surface area (Å²) in [5, 5.41) is 14.3. The SMILES string of the molecule is CCSCC(O)([C@@H](Nc1cccc2nc(C)ccc12)c1ccc(Cl)c(OC)c1F)C(F)(F)F. The molecule has 0 aliphatic heterocycles. The highest BCUT2D eigenvalue weighted by Gasteiger charge is 2.59. The number of halogens is 5. The van der Waals surface area contributed by atoms with Crippen LogP contribution in [-0.4, -0.2) is 40.5 Å². The predicted molar refractivity (Wildman–Crippen MR) is 125 cm³/mol. The van der Waals surface area contributed by atoms with E-state index in [9.17, 15) is 18.3 Å². The molecule has 3 aromatic rings. The highest BCUT2D eigenvalue weighted by molar-refractivity contribution is 7.99. The Hall–Kier alpha value is -2.23. The molecule has 178 valence electrons. The van der Waals surface area contributed by atoms with Crippen LogP contribution in [0.1, 0.15) is 24.2 Å². The van der Waals surface area contributed by atoms with Gasteiger partial charge in [-0.3, -0.25) is 4.98 Å². The summed E-state index contributed by atoms with van der Waals surface area (Å²) in [7, 11) is 1.16. The van der Waals surface area contributed by atoms with Crippen LogP contribution in [-0.2, 0) is 0 Å². The lowest BCUT2D eigenvalue weighted by Crippen LogP contribution is -2.55. The summed E-state index contributed by atoms with van der Waals surface area (Å²) >= 11 is 6.86. The van der Waals surface area contributed by atoms with Crippen molar-refractivity contribution >= 4 is 40.0 Å². The third-order valence-electron chi connectivity index (χ3n) is 5.26. The molecule has 1 heterocycles. The van der Waals surface area contributed by atoms with Gasteiger partial charge in [-0.1, -0.05) is 30.7 Å². The number of thioether (sulfide) groups is 1. The molecule has 1 aromatic heterocycles. The number of benzene rings is 2. The molecular formula is C23H23ClF4N2O2S. The van der Waals surface area contributed by atoms with Crippen molar-refractivity contribution in [3.05, 3.63) is 64.6 Å². The number of methoxy groups -OCH3 is 1. The number of pyridine rings is 1. The zero-order valence-corrected chi connectivity index (χ0v) is 19.7. The molecule has 0 radical (unpaired) electrons. The first-order valence-electron chi connectivity index (χ1n) is 10.0. The van der Waals surface area contributed by atoms with Crippen molar-refractivity contribution in [3.63, 3.8) is 0 Å². The fourth-order valence-electron chi connectivity index (χ4n) is 3.54. The molecule has 0 spiro atoms. The lowest BCUT2D eigenvalue weighted by atomic mass is 9.88. The number of nitrogens with zero attached hydrogens (tertiary/aromatic N) is 1. The van der Waals surface area contributed by atoms with Crippen LogP contribution in [0.25, 0.3) is 10.9 Å². The van der Waals surface area contributed by atoms with E-state index in [0.29, 0.717) is 16.7 Å². The number of aliphatic hydroxyl groups is 1. The Kier molecular flexibility index (Phi) is 7.65. The maximum absolute atomic E-state index is 15.3. The van der Waals surface area contributed by atoms with Crippen LogP contribution in [0.5, 0.6) is 5.75 Å². The second-order valence-corrected chi connectivity index (χ2v) is 9.13. The third-order valence-corrected chi connectivity index (χ3v) is 6.61.